The van der Waals surface area contributed by atoms with Crippen LogP contribution < -0.4 is 0 Å². The van der Waals surface area contributed by atoms with E-state index >= 15 is 0 Å². The first-order valence-corrected chi connectivity index (χ1v) is 7.52. The van der Waals surface area contributed by atoms with Gasteiger partial charge in [-0.1, -0.05) is 0 Å². The molecule has 2 rings (SSSR count). The molecule has 1 saturated heterocycles. The SMILES string of the molecule is CC1(C)OC[C@@H](C=O)N1S(=O)(=O)c1ccc([N+](=O)[O-])cc1. The van der Waals surface area contributed by atoms with Crippen molar-refractivity contribution >= 4 is 22.0 Å². The average Bonchev–Trinajstić information content (AvgIpc) is 2.74. The Morgan fingerprint density at radius 3 is 2.43 bits per heavy atom. The minimum atomic E-state index is -4.00. The van der Waals surface area contributed by atoms with Crippen LogP contribution in [0.3, 0.4) is 0 Å². The molecule has 1 aromatic carbocycles. The van der Waals surface area contributed by atoms with Gasteiger partial charge >= 0.3 is 0 Å². The average molecular weight is 314 g/mol. The van der Waals surface area contributed by atoms with Crippen LogP contribution in [-0.4, -0.2) is 42.3 Å². The number of nitrogens with zero attached hydrogens (tertiary/aromatic N) is 2. The van der Waals surface area contributed by atoms with E-state index in [0.717, 1.165) is 28.6 Å². The third-order valence-corrected chi connectivity index (χ3v) is 5.30. The van der Waals surface area contributed by atoms with E-state index in [0.29, 0.717) is 6.29 Å². The molecule has 1 aliphatic heterocycles. The van der Waals surface area contributed by atoms with Crippen molar-refractivity contribution in [2.45, 2.75) is 30.5 Å². The molecule has 0 bridgehead atoms. The van der Waals surface area contributed by atoms with E-state index in [9.17, 15) is 23.3 Å². The van der Waals surface area contributed by atoms with Crippen molar-refractivity contribution in [2.75, 3.05) is 6.61 Å². The van der Waals surface area contributed by atoms with Crippen molar-refractivity contribution in [3.63, 3.8) is 0 Å². The predicted molar refractivity (Wildman–Crippen MR) is 72.0 cm³/mol. The summed E-state index contributed by atoms with van der Waals surface area (Å²) in [5.74, 6) is 0. The number of nitro groups is 1. The standard InChI is InChI=1S/C12H14N2O6S/c1-12(2)13(10(7-15)8-20-12)21(18,19)11-5-3-9(4-6-11)14(16)17/h3-7,10H,8H2,1-2H3/t10-/m1/s1. The Balaban J connectivity index is 2.45. The van der Waals surface area contributed by atoms with Crippen molar-refractivity contribution in [3.05, 3.63) is 34.4 Å². The van der Waals surface area contributed by atoms with Crippen molar-refractivity contribution in [1.29, 1.82) is 0 Å². The summed E-state index contributed by atoms with van der Waals surface area (Å²) in [6, 6.07) is 3.58. The van der Waals surface area contributed by atoms with Gasteiger partial charge in [-0.15, -0.1) is 0 Å². The van der Waals surface area contributed by atoms with Crippen LogP contribution in [0.1, 0.15) is 13.8 Å². The Morgan fingerprint density at radius 2 is 1.95 bits per heavy atom. The van der Waals surface area contributed by atoms with Crippen LogP contribution in [0.4, 0.5) is 5.69 Å². The van der Waals surface area contributed by atoms with Crippen molar-refractivity contribution in [1.82, 2.24) is 4.31 Å². The molecule has 0 spiro atoms. The third-order valence-electron chi connectivity index (χ3n) is 3.20. The predicted octanol–water partition coefficient (Wildman–Crippen LogP) is 0.919. The van der Waals surface area contributed by atoms with Crippen LogP contribution in [0.2, 0.25) is 0 Å². The van der Waals surface area contributed by atoms with Crippen molar-refractivity contribution in [2.24, 2.45) is 0 Å². The van der Waals surface area contributed by atoms with Gasteiger partial charge in [0.1, 0.15) is 18.1 Å². The molecular formula is C12H14N2O6S. The molecule has 0 amide bonds. The Hall–Kier alpha value is -1.84. The van der Waals surface area contributed by atoms with Crippen LogP contribution in [0.5, 0.6) is 0 Å². The van der Waals surface area contributed by atoms with E-state index in [1.807, 2.05) is 0 Å². The first-order valence-electron chi connectivity index (χ1n) is 6.08. The summed E-state index contributed by atoms with van der Waals surface area (Å²) in [7, 11) is -4.00. The lowest BCUT2D eigenvalue weighted by molar-refractivity contribution is -0.384. The van der Waals surface area contributed by atoms with Crippen molar-refractivity contribution in [3.8, 4) is 0 Å². The summed E-state index contributed by atoms with van der Waals surface area (Å²) in [5, 5.41) is 10.6. The molecule has 0 N–H and O–H groups in total. The highest BCUT2D eigenvalue weighted by Crippen LogP contribution is 2.33. The minimum absolute atomic E-state index is 0.0251. The molecular weight excluding hydrogens is 300 g/mol. The fraction of sp³-hybridized carbons (Fsp3) is 0.417. The molecule has 114 valence electrons. The number of sulfonamides is 1. The maximum Gasteiger partial charge on any atom is 0.269 e. The number of carbonyl (C=O) groups is 1. The van der Waals surface area contributed by atoms with Gasteiger partial charge in [-0.3, -0.25) is 10.1 Å². The second-order valence-corrected chi connectivity index (χ2v) is 6.83. The Bertz CT molecular complexity index is 667. The number of non-ortho nitro benzene ring substituents is 1. The van der Waals surface area contributed by atoms with E-state index < -0.39 is 26.7 Å². The molecule has 0 unspecified atom stereocenters. The molecule has 21 heavy (non-hydrogen) atoms. The number of hydrogen-bond donors (Lipinski definition) is 0. The van der Waals surface area contributed by atoms with E-state index in [2.05, 4.69) is 0 Å². The molecule has 1 heterocycles. The molecule has 1 fully saturated rings. The van der Waals surface area contributed by atoms with Crippen LogP contribution in [-0.2, 0) is 19.6 Å². The Labute approximate surface area is 121 Å². The molecule has 9 heteroatoms. The maximum absolute atomic E-state index is 12.6. The topological polar surface area (TPSA) is 107 Å². The first-order chi connectivity index (χ1) is 9.70. The fourth-order valence-corrected chi connectivity index (χ4v) is 4.04. The highest BCUT2D eigenvalue weighted by Gasteiger charge is 2.48. The summed E-state index contributed by atoms with van der Waals surface area (Å²) in [4.78, 5) is 20.9. The summed E-state index contributed by atoms with van der Waals surface area (Å²) in [6.07, 6.45) is 0.512. The zero-order valence-corrected chi connectivity index (χ0v) is 12.2. The number of hydrogen-bond acceptors (Lipinski definition) is 6. The normalized spacial score (nSPS) is 22.1. The van der Waals surface area contributed by atoms with Gasteiger partial charge in [-0.2, -0.15) is 4.31 Å². The summed E-state index contributed by atoms with van der Waals surface area (Å²) < 4.78 is 31.5. The number of nitro benzene ring substituents is 1. The molecule has 1 atom stereocenters. The van der Waals surface area contributed by atoms with Gasteiger partial charge in [-0.25, -0.2) is 8.42 Å². The second kappa shape index (κ2) is 5.17. The number of carbonyl (C=O) groups excluding carboxylic acids is 1. The first kappa shape index (κ1) is 15.5. The van der Waals surface area contributed by atoms with Gasteiger partial charge in [0, 0.05) is 12.1 Å². The van der Waals surface area contributed by atoms with E-state index in [1.54, 1.807) is 13.8 Å². The molecule has 1 aromatic rings. The highest BCUT2D eigenvalue weighted by molar-refractivity contribution is 7.89. The van der Waals surface area contributed by atoms with Gasteiger partial charge in [0.2, 0.25) is 10.0 Å². The monoisotopic (exact) mass is 314 g/mol. The maximum atomic E-state index is 12.6. The second-order valence-electron chi connectivity index (χ2n) is 5.01. The smallest absolute Gasteiger partial charge is 0.269 e. The Morgan fingerprint density at radius 1 is 1.38 bits per heavy atom. The van der Waals surface area contributed by atoms with E-state index in [1.165, 1.54) is 0 Å². The number of benzene rings is 1. The zero-order chi connectivity index (χ0) is 15.8. The number of rotatable bonds is 4. The zero-order valence-electron chi connectivity index (χ0n) is 11.4. The van der Waals surface area contributed by atoms with E-state index in [4.69, 9.17) is 4.74 Å². The molecule has 0 saturated carbocycles. The molecule has 0 aliphatic carbocycles. The van der Waals surface area contributed by atoms with Gasteiger partial charge in [0.25, 0.3) is 5.69 Å². The quantitative estimate of drug-likeness (QED) is 0.464. The molecule has 0 aromatic heterocycles. The minimum Gasteiger partial charge on any atom is -0.358 e. The van der Waals surface area contributed by atoms with Crippen molar-refractivity contribution < 1.29 is 22.9 Å². The van der Waals surface area contributed by atoms with Gasteiger partial charge in [0.05, 0.1) is 16.4 Å². The fourth-order valence-electron chi connectivity index (χ4n) is 2.24. The van der Waals surface area contributed by atoms with Gasteiger partial charge in [0.15, 0.2) is 0 Å². The summed E-state index contributed by atoms with van der Waals surface area (Å²) in [5.41, 5.74) is -1.37. The van der Waals surface area contributed by atoms with Crippen LogP contribution >= 0.6 is 0 Å². The van der Waals surface area contributed by atoms with Crippen LogP contribution in [0.25, 0.3) is 0 Å². The third kappa shape index (κ3) is 2.67. The lowest BCUT2D eigenvalue weighted by atomic mass is 10.3. The lowest BCUT2D eigenvalue weighted by Crippen LogP contribution is -2.48. The largest absolute Gasteiger partial charge is 0.358 e. The summed E-state index contributed by atoms with van der Waals surface area (Å²) in [6.45, 7) is 3.06. The summed E-state index contributed by atoms with van der Waals surface area (Å²) >= 11 is 0. The lowest BCUT2D eigenvalue weighted by Gasteiger charge is -2.30. The van der Waals surface area contributed by atoms with Gasteiger partial charge in [-0.05, 0) is 26.0 Å². The van der Waals surface area contributed by atoms with Crippen LogP contribution in [0.15, 0.2) is 29.2 Å². The van der Waals surface area contributed by atoms with E-state index in [-0.39, 0.29) is 17.2 Å². The molecule has 8 nitrogen and oxygen atoms in total. The number of ether oxygens (including phenoxy) is 1. The Kier molecular flexibility index (Phi) is 3.83. The molecule has 0 radical (unpaired) electrons. The van der Waals surface area contributed by atoms with Crippen LogP contribution in [0, 0.1) is 10.1 Å². The highest BCUT2D eigenvalue weighted by atomic mass is 32.2. The molecule has 1 aliphatic rings. The number of aldehydes is 1. The van der Waals surface area contributed by atoms with Gasteiger partial charge < -0.3 is 9.53 Å².